The Morgan fingerprint density at radius 3 is 2.52 bits per heavy atom. The van der Waals surface area contributed by atoms with Gasteiger partial charge < -0.3 is 18.7 Å². The van der Waals surface area contributed by atoms with Crippen molar-refractivity contribution in [3.63, 3.8) is 0 Å². The van der Waals surface area contributed by atoms with E-state index in [1.165, 1.54) is 5.56 Å². The van der Waals surface area contributed by atoms with Gasteiger partial charge in [-0.15, -0.1) is 0 Å². The maximum absolute atomic E-state index is 5.48. The van der Waals surface area contributed by atoms with Crippen LogP contribution in [0.4, 0.5) is 0 Å². The summed E-state index contributed by atoms with van der Waals surface area (Å²) in [5.74, 6) is 3.48. The zero-order valence-electron chi connectivity index (χ0n) is 16.9. The monoisotopic (exact) mass is 395 g/mol. The molecule has 29 heavy (non-hydrogen) atoms. The summed E-state index contributed by atoms with van der Waals surface area (Å²) in [7, 11) is 4.95. The standard InChI is InChI=1S/C22H25N3O4/c1-26-17-9-6-15(7-10-17)22-23-21(24-29-22)14-25-12-4-5-18(25)16-8-11-19(27-2)20(13-16)28-3/h6-11,13,18H,4-5,12,14H2,1-3H3. The first kappa shape index (κ1) is 19.3. The van der Waals surface area contributed by atoms with E-state index in [1.807, 2.05) is 30.3 Å². The predicted molar refractivity (Wildman–Crippen MR) is 108 cm³/mol. The molecule has 2 aromatic carbocycles. The summed E-state index contributed by atoms with van der Waals surface area (Å²) in [5, 5.41) is 4.18. The lowest BCUT2D eigenvalue weighted by Gasteiger charge is -2.24. The van der Waals surface area contributed by atoms with E-state index in [2.05, 4.69) is 27.2 Å². The largest absolute Gasteiger partial charge is 0.497 e. The number of ether oxygens (including phenoxy) is 3. The van der Waals surface area contributed by atoms with Crippen LogP contribution in [-0.2, 0) is 6.54 Å². The first-order valence-corrected chi connectivity index (χ1v) is 9.65. The van der Waals surface area contributed by atoms with Crippen LogP contribution in [-0.4, -0.2) is 42.9 Å². The average molecular weight is 395 g/mol. The number of aromatic nitrogens is 2. The van der Waals surface area contributed by atoms with E-state index in [4.69, 9.17) is 18.7 Å². The topological polar surface area (TPSA) is 69.9 Å². The molecule has 4 rings (SSSR count). The molecule has 0 saturated carbocycles. The molecule has 1 atom stereocenters. The van der Waals surface area contributed by atoms with Crippen molar-refractivity contribution < 1.29 is 18.7 Å². The van der Waals surface area contributed by atoms with Crippen LogP contribution in [0.15, 0.2) is 47.0 Å². The second kappa shape index (κ2) is 8.53. The van der Waals surface area contributed by atoms with Crippen LogP contribution >= 0.6 is 0 Å². The van der Waals surface area contributed by atoms with Crippen molar-refractivity contribution >= 4 is 0 Å². The Hall–Kier alpha value is -3.06. The van der Waals surface area contributed by atoms with Crippen molar-refractivity contribution in [3.05, 3.63) is 53.9 Å². The third-order valence-electron chi connectivity index (χ3n) is 5.31. The minimum atomic E-state index is 0.290. The average Bonchev–Trinajstić information content (AvgIpc) is 3.43. The van der Waals surface area contributed by atoms with E-state index in [-0.39, 0.29) is 6.04 Å². The van der Waals surface area contributed by atoms with Crippen LogP contribution in [0.25, 0.3) is 11.5 Å². The van der Waals surface area contributed by atoms with Gasteiger partial charge in [0.1, 0.15) is 5.75 Å². The Morgan fingerprint density at radius 2 is 1.79 bits per heavy atom. The van der Waals surface area contributed by atoms with Crippen molar-refractivity contribution in [1.29, 1.82) is 0 Å². The van der Waals surface area contributed by atoms with Crippen LogP contribution in [0.1, 0.15) is 30.3 Å². The SMILES string of the molecule is COc1ccc(-c2nc(CN3CCCC3c3ccc(OC)c(OC)c3)no2)cc1. The van der Waals surface area contributed by atoms with Crippen LogP contribution < -0.4 is 14.2 Å². The van der Waals surface area contributed by atoms with Crippen LogP contribution in [0.2, 0.25) is 0 Å². The zero-order valence-corrected chi connectivity index (χ0v) is 16.9. The first-order valence-electron chi connectivity index (χ1n) is 9.65. The number of likely N-dealkylation sites (tertiary alicyclic amines) is 1. The summed E-state index contributed by atoms with van der Waals surface area (Å²) >= 11 is 0. The molecule has 2 heterocycles. The number of methoxy groups -OCH3 is 3. The molecule has 1 saturated heterocycles. The maximum atomic E-state index is 5.48. The van der Waals surface area contributed by atoms with Gasteiger partial charge in [0, 0.05) is 11.6 Å². The number of hydrogen-bond donors (Lipinski definition) is 0. The fourth-order valence-corrected chi connectivity index (χ4v) is 3.80. The summed E-state index contributed by atoms with van der Waals surface area (Å²) in [6.45, 7) is 1.63. The molecule has 1 aliphatic rings. The number of hydrogen-bond acceptors (Lipinski definition) is 7. The van der Waals surface area contributed by atoms with E-state index in [1.54, 1.807) is 21.3 Å². The Labute approximate surface area is 170 Å². The van der Waals surface area contributed by atoms with Crippen molar-refractivity contribution in [3.8, 4) is 28.7 Å². The van der Waals surface area contributed by atoms with Gasteiger partial charge in [0.2, 0.25) is 0 Å². The van der Waals surface area contributed by atoms with Crippen LogP contribution in [0.5, 0.6) is 17.2 Å². The fraction of sp³-hybridized carbons (Fsp3) is 0.364. The van der Waals surface area contributed by atoms with Crippen LogP contribution in [0.3, 0.4) is 0 Å². The normalized spacial score (nSPS) is 16.7. The smallest absolute Gasteiger partial charge is 0.257 e. The molecule has 7 heteroatoms. The third kappa shape index (κ3) is 4.05. The van der Waals surface area contributed by atoms with Gasteiger partial charge in [-0.1, -0.05) is 11.2 Å². The van der Waals surface area contributed by atoms with E-state index in [0.29, 0.717) is 18.3 Å². The molecule has 3 aromatic rings. The summed E-state index contributed by atoms with van der Waals surface area (Å²) in [6, 6.07) is 14.0. The molecule has 1 fully saturated rings. The van der Waals surface area contributed by atoms with E-state index >= 15 is 0 Å². The van der Waals surface area contributed by atoms with Gasteiger partial charge in [-0.3, -0.25) is 4.90 Å². The van der Waals surface area contributed by atoms with E-state index in [0.717, 1.165) is 42.2 Å². The Bertz CT molecular complexity index is 955. The molecular weight excluding hydrogens is 370 g/mol. The molecular formula is C22H25N3O4. The van der Waals surface area contributed by atoms with Crippen LogP contribution in [0, 0.1) is 0 Å². The molecule has 1 aromatic heterocycles. The lowest BCUT2D eigenvalue weighted by molar-refractivity contribution is 0.237. The van der Waals surface area contributed by atoms with Gasteiger partial charge in [0.05, 0.1) is 27.9 Å². The third-order valence-corrected chi connectivity index (χ3v) is 5.31. The zero-order chi connectivity index (χ0) is 20.2. The van der Waals surface area contributed by atoms with Crippen molar-refractivity contribution in [1.82, 2.24) is 15.0 Å². The molecule has 152 valence electrons. The highest BCUT2D eigenvalue weighted by molar-refractivity contribution is 5.54. The summed E-state index contributed by atoms with van der Waals surface area (Å²) in [6.07, 6.45) is 2.21. The lowest BCUT2D eigenvalue weighted by atomic mass is 10.0. The number of benzene rings is 2. The molecule has 0 aliphatic carbocycles. The number of rotatable bonds is 7. The lowest BCUT2D eigenvalue weighted by Crippen LogP contribution is -2.23. The predicted octanol–water partition coefficient (Wildman–Crippen LogP) is 4.10. The Kier molecular flexibility index (Phi) is 5.67. The van der Waals surface area contributed by atoms with Gasteiger partial charge in [0.25, 0.3) is 5.89 Å². The second-order valence-corrected chi connectivity index (χ2v) is 6.99. The number of nitrogens with zero attached hydrogens (tertiary/aromatic N) is 3. The van der Waals surface area contributed by atoms with Gasteiger partial charge >= 0.3 is 0 Å². The van der Waals surface area contributed by atoms with Crippen molar-refractivity contribution in [2.75, 3.05) is 27.9 Å². The molecule has 0 spiro atoms. The molecule has 1 unspecified atom stereocenters. The minimum Gasteiger partial charge on any atom is -0.497 e. The molecule has 0 radical (unpaired) electrons. The highest BCUT2D eigenvalue weighted by atomic mass is 16.5. The Morgan fingerprint density at radius 1 is 1.00 bits per heavy atom. The summed E-state index contributed by atoms with van der Waals surface area (Å²) in [4.78, 5) is 6.96. The second-order valence-electron chi connectivity index (χ2n) is 6.99. The minimum absolute atomic E-state index is 0.290. The summed E-state index contributed by atoms with van der Waals surface area (Å²) in [5.41, 5.74) is 2.08. The van der Waals surface area contributed by atoms with Gasteiger partial charge in [-0.2, -0.15) is 4.98 Å². The highest BCUT2D eigenvalue weighted by Crippen LogP contribution is 2.37. The van der Waals surface area contributed by atoms with Gasteiger partial charge in [-0.25, -0.2) is 0 Å². The molecule has 0 bridgehead atoms. The van der Waals surface area contributed by atoms with Gasteiger partial charge in [-0.05, 0) is 61.3 Å². The van der Waals surface area contributed by atoms with Gasteiger partial charge in [0.15, 0.2) is 17.3 Å². The van der Waals surface area contributed by atoms with E-state index < -0.39 is 0 Å². The molecule has 7 nitrogen and oxygen atoms in total. The maximum Gasteiger partial charge on any atom is 0.257 e. The molecule has 0 amide bonds. The molecule has 0 N–H and O–H groups in total. The Balaban J connectivity index is 1.49. The first-order chi connectivity index (χ1) is 14.2. The van der Waals surface area contributed by atoms with E-state index in [9.17, 15) is 0 Å². The highest BCUT2D eigenvalue weighted by Gasteiger charge is 2.28. The fourth-order valence-electron chi connectivity index (χ4n) is 3.80. The molecule has 1 aliphatic heterocycles. The quantitative estimate of drug-likeness (QED) is 0.596. The summed E-state index contributed by atoms with van der Waals surface area (Å²) < 4.78 is 21.5. The van der Waals surface area contributed by atoms with Crippen molar-refractivity contribution in [2.24, 2.45) is 0 Å². The van der Waals surface area contributed by atoms with Crippen molar-refractivity contribution in [2.45, 2.75) is 25.4 Å².